The molecule has 5 heteroatoms. The van der Waals surface area contributed by atoms with Crippen molar-refractivity contribution in [2.45, 2.75) is 6.54 Å². The zero-order valence-corrected chi connectivity index (χ0v) is 9.48. The second kappa shape index (κ2) is 4.51. The van der Waals surface area contributed by atoms with Gasteiger partial charge in [-0.1, -0.05) is 17.7 Å². The second-order valence-corrected chi connectivity index (χ2v) is 4.81. The molecule has 0 aliphatic carbocycles. The van der Waals surface area contributed by atoms with Gasteiger partial charge in [-0.05, 0) is 24.3 Å². The minimum Gasteiger partial charge on any atom is -0.384 e. The lowest BCUT2D eigenvalue weighted by molar-refractivity contribution is 1.14. The van der Waals surface area contributed by atoms with E-state index in [9.17, 15) is 0 Å². The Balaban J connectivity index is 1.99. The number of rotatable bonds is 3. The van der Waals surface area contributed by atoms with Crippen LogP contribution in [0.3, 0.4) is 0 Å². The Morgan fingerprint density at radius 2 is 2.20 bits per heavy atom. The van der Waals surface area contributed by atoms with Crippen LogP contribution in [0.5, 0.6) is 0 Å². The molecule has 0 saturated carbocycles. The van der Waals surface area contributed by atoms with E-state index in [1.165, 1.54) is 4.88 Å². The van der Waals surface area contributed by atoms with Gasteiger partial charge >= 0.3 is 0 Å². The summed E-state index contributed by atoms with van der Waals surface area (Å²) in [7, 11) is 0. The fourth-order valence-electron chi connectivity index (χ4n) is 1.17. The largest absolute Gasteiger partial charge is 0.384 e. The van der Waals surface area contributed by atoms with Crippen molar-refractivity contribution in [1.82, 2.24) is 4.98 Å². The van der Waals surface area contributed by atoms with Gasteiger partial charge in [0.15, 0.2) is 0 Å². The minimum absolute atomic E-state index is 0.518. The Hall–Kier alpha value is -1.26. The molecule has 0 radical (unpaired) electrons. The Kier molecular flexibility index (Phi) is 3.08. The van der Waals surface area contributed by atoms with E-state index in [0.717, 1.165) is 10.2 Å². The molecule has 0 aromatic carbocycles. The van der Waals surface area contributed by atoms with Gasteiger partial charge in [-0.15, -0.1) is 11.3 Å². The SMILES string of the molecule is Nc1cccc(NCc2ccc(Cl)s2)n1. The van der Waals surface area contributed by atoms with Crippen molar-refractivity contribution in [2.24, 2.45) is 0 Å². The molecule has 0 spiro atoms. The van der Waals surface area contributed by atoms with E-state index in [1.807, 2.05) is 24.3 Å². The van der Waals surface area contributed by atoms with E-state index in [4.69, 9.17) is 17.3 Å². The quantitative estimate of drug-likeness (QED) is 0.866. The van der Waals surface area contributed by atoms with E-state index in [2.05, 4.69) is 10.3 Å². The molecule has 2 aromatic heterocycles. The highest BCUT2D eigenvalue weighted by Gasteiger charge is 1.98. The van der Waals surface area contributed by atoms with Gasteiger partial charge < -0.3 is 11.1 Å². The maximum atomic E-state index is 5.82. The standard InChI is InChI=1S/C10H10ClN3S/c11-8-5-4-7(15-8)6-13-10-3-1-2-9(12)14-10/h1-5H,6H2,(H3,12,13,14). The first-order valence-corrected chi connectivity index (χ1v) is 5.64. The number of nitrogens with two attached hydrogens (primary N) is 1. The molecule has 3 nitrogen and oxygen atoms in total. The number of thiophene rings is 1. The predicted octanol–water partition coefficient (Wildman–Crippen LogP) is 2.99. The molecular formula is C10H10ClN3S. The van der Waals surface area contributed by atoms with Crippen molar-refractivity contribution in [3.8, 4) is 0 Å². The van der Waals surface area contributed by atoms with Crippen molar-refractivity contribution in [2.75, 3.05) is 11.1 Å². The molecule has 3 N–H and O–H groups in total. The summed E-state index contributed by atoms with van der Waals surface area (Å²) in [6, 6.07) is 9.38. The van der Waals surface area contributed by atoms with Crippen molar-refractivity contribution in [3.63, 3.8) is 0 Å². The van der Waals surface area contributed by atoms with E-state index in [0.29, 0.717) is 12.4 Å². The highest BCUT2D eigenvalue weighted by atomic mass is 35.5. The van der Waals surface area contributed by atoms with Crippen LogP contribution in [0.1, 0.15) is 4.88 Å². The van der Waals surface area contributed by atoms with Crippen molar-refractivity contribution in [1.29, 1.82) is 0 Å². The normalized spacial score (nSPS) is 10.2. The third kappa shape index (κ3) is 2.84. The van der Waals surface area contributed by atoms with Crippen molar-refractivity contribution < 1.29 is 0 Å². The summed E-state index contributed by atoms with van der Waals surface area (Å²) in [6.45, 7) is 0.716. The Morgan fingerprint density at radius 3 is 2.87 bits per heavy atom. The molecule has 0 saturated heterocycles. The van der Waals surface area contributed by atoms with Gasteiger partial charge in [0.1, 0.15) is 11.6 Å². The molecule has 2 heterocycles. The average Bonchev–Trinajstić information content (AvgIpc) is 2.62. The zero-order chi connectivity index (χ0) is 10.7. The van der Waals surface area contributed by atoms with E-state index < -0.39 is 0 Å². The van der Waals surface area contributed by atoms with Gasteiger partial charge in [-0.25, -0.2) is 4.98 Å². The van der Waals surface area contributed by atoms with Gasteiger partial charge in [-0.2, -0.15) is 0 Å². The third-order valence-corrected chi connectivity index (χ3v) is 3.07. The van der Waals surface area contributed by atoms with Gasteiger partial charge in [0.25, 0.3) is 0 Å². The fourth-order valence-corrected chi connectivity index (χ4v) is 2.20. The van der Waals surface area contributed by atoms with Crippen molar-refractivity contribution in [3.05, 3.63) is 39.5 Å². The van der Waals surface area contributed by atoms with Crippen molar-refractivity contribution >= 4 is 34.6 Å². The lowest BCUT2D eigenvalue weighted by Crippen LogP contribution is -2.01. The van der Waals surface area contributed by atoms with Crippen LogP contribution >= 0.6 is 22.9 Å². The predicted molar refractivity (Wildman–Crippen MR) is 65.3 cm³/mol. The van der Waals surface area contributed by atoms with Gasteiger partial charge in [0.2, 0.25) is 0 Å². The monoisotopic (exact) mass is 239 g/mol. The second-order valence-electron chi connectivity index (χ2n) is 3.01. The number of aromatic nitrogens is 1. The van der Waals surface area contributed by atoms with Crippen LogP contribution in [0.25, 0.3) is 0 Å². The molecule has 0 aliphatic rings. The van der Waals surface area contributed by atoms with E-state index >= 15 is 0 Å². The number of hydrogen-bond acceptors (Lipinski definition) is 4. The minimum atomic E-state index is 0.518. The van der Waals surface area contributed by atoms with Crippen LogP contribution in [0, 0.1) is 0 Å². The number of nitrogens with zero attached hydrogens (tertiary/aromatic N) is 1. The molecule has 0 unspecified atom stereocenters. The van der Waals surface area contributed by atoms with E-state index in [1.54, 1.807) is 17.4 Å². The van der Waals surface area contributed by atoms with Crippen LogP contribution < -0.4 is 11.1 Å². The Bertz CT molecular complexity index is 455. The van der Waals surface area contributed by atoms with Crippen LogP contribution in [0.15, 0.2) is 30.3 Å². The topological polar surface area (TPSA) is 50.9 Å². The molecular weight excluding hydrogens is 230 g/mol. The summed E-state index contributed by atoms with van der Waals surface area (Å²) in [4.78, 5) is 5.30. The van der Waals surface area contributed by atoms with Gasteiger partial charge in [0.05, 0.1) is 10.9 Å². The molecule has 15 heavy (non-hydrogen) atoms. The van der Waals surface area contributed by atoms with Gasteiger partial charge in [0, 0.05) is 4.88 Å². The zero-order valence-electron chi connectivity index (χ0n) is 7.90. The maximum absolute atomic E-state index is 5.82. The first kappa shape index (κ1) is 10.3. The summed E-state index contributed by atoms with van der Waals surface area (Å²) in [5.74, 6) is 1.30. The number of anilines is 2. The van der Waals surface area contributed by atoms with Crippen LogP contribution in [0.2, 0.25) is 4.34 Å². The molecule has 2 aromatic rings. The average molecular weight is 240 g/mol. The number of nitrogen functional groups attached to an aromatic ring is 1. The lowest BCUT2D eigenvalue weighted by atomic mass is 10.4. The summed E-state index contributed by atoms with van der Waals surface area (Å²) in [5.41, 5.74) is 5.56. The lowest BCUT2D eigenvalue weighted by Gasteiger charge is -2.03. The summed E-state index contributed by atoms with van der Waals surface area (Å²) in [6.07, 6.45) is 0. The summed E-state index contributed by atoms with van der Waals surface area (Å²) < 4.78 is 0.798. The van der Waals surface area contributed by atoms with Gasteiger partial charge in [-0.3, -0.25) is 0 Å². The number of halogens is 1. The summed E-state index contributed by atoms with van der Waals surface area (Å²) in [5, 5.41) is 3.18. The Morgan fingerprint density at radius 1 is 1.33 bits per heavy atom. The van der Waals surface area contributed by atoms with E-state index in [-0.39, 0.29) is 0 Å². The summed E-state index contributed by atoms with van der Waals surface area (Å²) >= 11 is 7.38. The number of nitrogens with one attached hydrogen (secondary N) is 1. The molecule has 0 fully saturated rings. The maximum Gasteiger partial charge on any atom is 0.128 e. The molecule has 0 aliphatic heterocycles. The Labute approximate surface area is 96.9 Å². The highest BCUT2D eigenvalue weighted by molar-refractivity contribution is 7.16. The van der Waals surface area contributed by atoms with Crippen LogP contribution in [-0.4, -0.2) is 4.98 Å². The highest BCUT2D eigenvalue weighted by Crippen LogP contribution is 2.22. The molecule has 0 atom stereocenters. The number of pyridine rings is 1. The smallest absolute Gasteiger partial charge is 0.128 e. The third-order valence-electron chi connectivity index (χ3n) is 1.84. The van der Waals surface area contributed by atoms with Crippen LogP contribution in [-0.2, 0) is 6.54 Å². The molecule has 0 bridgehead atoms. The number of hydrogen-bond donors (Lipinski definition) is 2. The van der Waals surface area contributed by atoms with Crippen LogP contribution in [0.4, 0.5) is 11.6 Å². The first-order valence-electron chi connectivity index (χ1n) is 4.44. The molecule has 0 amide bonds. The molecule has 2 rings (SSSR count). The molecule has 78 valence electrons. The fraction of sp³-hybridized carbons (Fsp3) is 0.100. The first-order chi connectivity index (χ1) is 7.24.